The number of morpholine rings is 1. The number of rotatable bonds is 9. The van der Waals surface area contributed by atoms with Crippen molar-refractivity contribution >= 4 is 39.5 Å². The highest BCUT2D eigenvalue weighted by atomic mass is 32.2. The molecular formula is C37H33F3N6O6S2. The van der Waals surface area contributed by atoms with Gasteiger partial charge in [-0.15, -0.1) is 10.2 Å². The number of fused-ring (bicyclic) bond motifs is 1. The van der Waals surface area contributed by atoms with Crippen LogP contribution in [0.15, 0.2) is 115 Å². The molecule has 1 saturated carbocycles. The number of carbonyl (C=O) groups is 1. The lowest BCUT2D eigenvalue weighted by molar-refractivity contribution is -0.137. The molecule has 1 aliphatic carbocycles. The maximum Gasteiger partial charge on any atom is 0.416 e. The molecule has 5 aromatic rings. The maximum absolute atomic E-state index is 14.1. The summed E-state index contributed by atoms with van der Waals surface area (Å²) in [6.07, 6.45) is 2.86. The van der Waals surface area contributed by atoms with E-state index in [0.29, 0.717) is 17.1 Å². The molecule has 2 atom stereocenters. The highest BCUT2D eigenvalue weighted by molar-refractivity contribution is 7.99. The molecule has 2 unspecified atom stereocenters. The first kappa shape index (κ1) is 36.0. The van der Waals surface area contributed by atoms with Crippen molar-refractivity contribution in [1.29, 1.82) is 0 Å². The van der Waals surface area contributed by atoms with Crippen molar-refractivity contribution in [3.63, 3.8) is 0 Å². The molecule has 17 heteroatoms. The smallest absolute Gasteiger partial charge is 0.416 e. The van der Waals surface area contributed by atoms with Crippen molar-refractivity contribution < 1.29 is 40.0 Å². The van der Waals surface area contributed by atoms with Crippen LogP contribution in [-0.4, -0.2) is 76.2 Å². The summed E-state index contributed by atoms with van der Waals surface area (Å²) in [5.74, 6) is 0.660. The minimum absolute atomic E-state index is 0.0103. The molecule has 280 valence electrons. The molecule has 0 bridgehead atoms. The lowest BCUT2D eigenvalue weighted by atomic mass is 9.79. The average Bonchev–Trinajstić information content (AvgIpc) is 4.01. The number of nitrogens with zero attached hydrogens (tertiary/aromatic N) is 6. The van der Waals surface area contributed by atoms with Gasteiger partial charge in [-0.1, -0.05) is 30.0 Å². The summed E-state index contributed by atoms with van der Waals surface area (Å²) in [5.41, 5.74) is 1.22. The first-order valence-electron chi connectivity index (χ1n) is 17.2. The molecule has 8 rings (SSSR count). The van der Waals surface area contributed by atoms with Crippen LogP contribution in [-0.2, 0) is 25.7 Å². The first-order chi connectivity index (χ1) is 26.1. The average molecular weight is 779 g/mol. The van der Waals surface area contributed by atoms with Crippen molar-refractivity contribution in [3.05, 3.63) is 108 Å². The van der Waals surface area contributed by atoms with Crippen LogP contribution in [0.25, 0.3) is 23.2 Å². The van der Waals surface area contributed by atoms with E-state index >= 15 is 0 Å². The van der Waals surface area contributed by atoms with Crippen LogP contribution in [0.3, 0.4) is 0 Å². The van der Waals surface area contributed by atoms with E-state index in [1.807, 2.05) is 18.2 Å². The van der Waals surface area contributed by atoms with Crippen LogP contribution in [0.4, 0.5) is 13.2 Å². The number of furan rings is 2. The molecule has 0 spiro atoms. The van der Waals surface area contributed by atoms with Gasteiger partial charge >= 0.3 is 6.18 Å². The molecular weight excluding hydrogens is 746 g/mol. The van der Waals surface area contributed by atoms with Gasteiger partial charge in [0.1, 0.15) is 17.6 Å². The molecule has 1 saturated heterocycles. The molecule has 3 aromatic heterocycles. The summed E-state index contributed by atoms with van der Waals surface area (Å²) < 4.78 is 88.2. The third-order valence-electron chi connectivity index (χ3n) is 9.54. The van der Waals surface area contributed by atoms with Gasteiger partial charge in [0.15, 0.2) is 11.0 Å². The predicted octanol–water partition coefficient (Wildman–Crippen LogP) is 7.08. The minimum Gasteiger partial charge on any atom is -0.467 e. The van der Waals surface area contributed by atoms with E-state index < -0.39 is 27.8 Å². The van der Waals surface area contributed by atoms with Crippen molar-refractivity contribution in [1.82, 2.24) is 24.1 Å². The second kappa shape index (κ2) is 14.7. The van der Waals surface area contributed by atoms with Crippen molar-refractivity contribution in [3.8, 4) is 17.1 Å². The van der Waals surface area contributed by atoms with Gasteiger partial charge in [0.25, 0.3) is 5.91 Å². The number of alkyl halides is 3. The molecule has 0 N–H and O–H groups in total. The Morgan fingerprint density at radius 2 is 1.76 bits per heavy atom. The number of hydrogen-bond donors (Lipinski definition) is 0. The van der Waals surface area contributed by atoms with Gasteiger partial charge in [-0.2, -0.15) is 22.6 Å². The highest BCUT2D eigenvalue weighted by Crippen LogP contribution is 2.45. The lowest BCUT2D eigenvalue weighted by Gasteiger charge is -2.27. The molecule has 5 heterocycles. The third-order valence-corrected chi connectivity index (χ3v) is 12.3. The van der Waals surface area contributed by atoms with Crippen molar-refractivity contribution in [2.75, 3.05) is 32.1 Å². The predicted molar refractivity (Wildman–Crippen MR) is 192 cm³/mol. The molecule has 2 aliphatic heterocycles. The third kappa shape index (κ3) is 7.03. The topological polar surface area (TPSA) is 136 Å². The number of sulfonamides is 1. The van der Waals surface area contributed by atoms with Crippen molar-refractivity contribution in [2.24, 2.45) is 11.0 Å². The standard InChI is InChI=1S/C37H33F3N6O6S2/c38-37(39,40)26-8-3-9-27(22-26)45-35(25-7-1-11-29(21-25)54(48,49)44-14-18-50-19-15-44)41-42-36(45)53-23-32(47)46-34(31-13-5-17-52-31)30-12-2-6-24(33(30)43-46)20-28-10-4-16-51-28/h1,3-5,7-11,13,16-17,20-22,30,34H,2,6,12,14-15,18-19,23H2/b24-20-. The molecule has 12 nitrogen and oxygen atoms in total. The number of hydrazone groups is 1. The van der Waals surface area contributed by atoms with E-state index in [2.05, 4.69) is 10.2 Å². The van der Waals surface area contributed by atoms with Crippen LogP contribution in [0.1, 0.15) is 42.4 Å². The van der Waals surface area contributed by atoms with Crippen LogP contribution in [0.5, 0.6) is 0 Å². The van der Waals surface area contributed by atoms with Gasteiger partial charge in [0, 0.05) is 24.6 Å². The van der Waals surface area contributed by atoms with Crippen LogP contribution in [0.2, 0.25) is 0 Å². The highest BCUT2D eigenvalue weighted by Gasteiger charge is 2.45. The van der Waals surface area contributed by atoms with Crippen LogP contribution in [0, 0.1) is 5.92 Å². The Bertz CT molecular complexity index is 2320. The Kier molecular flexibility index (Phi) is 9.80. The van der Waals surface area contributed by atoms with E-state index in [4.69, 9.17) is 18.7 Å². The minimum atomic E-state index is -4.64. The molecule has 54 heavy (non-hydrogen) atoms. The van der Waals surface area contributed by atoms with E-state index in [0.717, 1.165) is 54.4 Å². The summed E-state index contributed by atoms with van der Waals surface area (Å²) in [6, 6.07) is 17.4. The Hall–Kier alpha value is -4.97. The zero-order valence-electron chi connectivity index (χ0n) is 28.6. The number of carbonyl (C=O) groups excluding carboxylic acids is 1. The zero-order valence-corrected chi connectivity index (χ0v) is 30.2. The van der Waals surface area contributed by atoms with Gasteiger partial charge < -0.3 is 13.6 Å². The molecule has 3 aliphatic rings. The van der Waals surface area contributed by atoms with Crippen LogP contribution < -0.4 is 0 Å². The number of ether oxygens (including phenoxy) is 1. The monoisotopic (exact) mass is 778 g/mol. The largest absolute Gasteiger partial charge is 0.467 e. The van der Waals surface area contributed by atoms with E-state index in [1.54, 1.807) is 36.8 Å². The Labute approximate surface area is 312 Å². The van der Waals surface area contributed by atoms with Crippen molar-refractivity contribution in [2.45, 2.75) is 41.5 Å². The number of thioether (sulfide) groups is 1. The van der Waals surface area contributed by atoms with Crippen LogP contribution >= 0.6 is 11.8 Å². The van der Waals surface area contributed by atoms with Gasteiger partial charge in [-0.3, -0.25) is 9.36 Å². The molecule has 2 aromatic carbocycles. The van der Waals surface area contributed by atoms with Gasteiger partial charge in [-0.05, 0) is 85.5 Å². The fourth-order valence-electron chi connectivity index (χ4n) is 7.02. The van der Waals surface area contributed by atoms with E-state index in [9.17, 15) is 26.4 Å². The Morgan fingerprint density at radius 1 is 0.963 bits per heavy atom. The number of halogens is 3. The normalized spacial score (nSPS) is 20.3. The number of benzene rings is 2. The first-order valence-corrected chi connectivity index (χ1v) is 19.6. The summed E-state index contributed by atoms with van der Waals surface area (Å²) in [7, 11) is -3.91. The van der Waals surface area contributed by atoms with Gasteiger partial charge in [0.05, 0.1) is 53.4 Å². The summed E-state index contributed by atoms with van der Waals surface area (Å²) in [4.78, 5) is 14.1. The fourth-order valence-corrected chi connectivity index (χ4v) is 9.28. The lowest BCUT2D eigenvalue weighted by Crippen LogP contribution is -2.40. The second-order valence-corrected chi connectivity index (χ2v) is 15.8. The quantitative estimate of drug-likeness (QED) is 0.144. The Morgan fingerprint density at radius 3 is 2.52 bits per heavy atom. The molecule has 2 fully saturated rings. The number of hydrogen-bond acceptors (Lipinski definition) is 10. The molecule has 1 amide bonds. The number of aromatic nitrogens is 3. The summed E-state index contributed by atoms with van der Waals surface area (Å²) in [5, 5.41) is 15.0. The fraction of sp³-hybridized carbons (Fsp3) is 0.297. The zero-order chi connectivity index (χ0) is 37.5. The summed E-state index contributed by atoms with van der Waals surface area (Å²) in [6.45, 7) is 0.899. The SMILES string of the molecule is O=C(CSc1nnc(-c2cccc(S(=O)(=O)N3CCOCC3)c2)n1-c1cccc(C(F)(F)F)c1)N1N=C2/C(=C\c3ccco3)CCCC2C1c1ccco1. The second-order valence-electron chi connectivity index (χ2n) is 12.9. The van der Waals surface area contributed by atoms with Gasteiger partial charge in [0.2, 0.25) is 10.0 Å². The van der Waals surface area contributed by atoms with Gasteiger partial charge in [-0.25, -0.2) is 13.4 Å². The summed E-state index contributed by atoms with van der Waals surface area (Å²) >= 11 is 0.982. The van der Waals surface area contributed by atoms with E-state index in [1.165, 1.54) is 38.1 Å². The van der Waals surface area contributed by atoms with E-state index in [-0.39, 0.29) is 65.4 Å². The number of allylic oxidation sites excluding steroid dienone is 1. The number of amides is 1. The molecule has 0 radical (unpaired) electrons. The Balaban J connectivity index is 1.14. The maximum atomic E-state index is 14.1.